The second-order valence-corrected chi connectivity index (χ2v) is 4.55. The Bertz CT molecular complexity index is 533. The summed E-state index contributed by atoms with van der Waals surface area (Å²) in [5, 5.41) is 0.270. The molecule has 0 saturated heterocycles. The van der Waals surface area contributed by atoms with Crippen molar-refractivity contribution < 1.29 is 8.78 Å². The van der Waals surface area contributed by atoms with Crippen LogP contribution in [0.15, 0.2) is 36.4 Å². The lowest BCUT2D eigenvalue weighted by Gasteiger charge is -2.16. The summed E-state index contributed by atoms with van der Waals surface area (Å²) in [6.07, 6.45) is 0. The Morgan fingerprint density at radius 1 is 1.00 bits per heavy atom. The molecule has 0 aliphatic carbocycles. The monoisotopic (exact) mass is 267 g/mol. The van der Waals surface area contributed by atoms with E-state index in [1.54, 1.807) is 19.1 Å². The SMILES string of the molecule is Cc1cc(F)ccc1C(N)c1ccc(F)cc1Cl. The van der Waals surface area contributed by atoms with Crippen LogP contribution >= 0.6 is 11.6 Å². The minimum atomic E-state index is -0.501. The van der Waals surface area contributed by atoms with Crippen molar-refractivity contribution in [1.82, 2.24) is 0 Å². The van der Waals surface area contributed by atoms with Crippen molar-refractivity contribution in [2.75, 3.05) is 0 Å². The third-order valence-corrected chi connectivity index (χ3v) is 3.19. The van der Waals surface area contributed by atoms with Gasteiger partial charge in [-0.2, -0.15) is 0 Å². The van der Waals surface area contributed by atoms with Crippen LogP contribution in [-0.4, -0.2) is 0 Å². The fourth-order valence-electron chi connectivity index (χ4n) is 1.91. The molecule has 0 radical (unpaired) electrons. The normalized spacial score (nSPS) is 12.5. The maximum atomic E-state index is 13.0. The Balaban J connectivity index is 2.44. The van der Waals surface area contributed by atoms with Gasteiger partial charge in [-0.15, -0.1) is 0 Å². The molecule has 2 aromatic carbocycles. The van der Waals surface area contributed by atoms with E-state index in [9.17, 15) is 8.78 Å². The number of benzene rings is 2. The Kier molecular flexibility index (Phi) is 3.64. The first-order valence-corrected chi connectivity index (χ1v) is 5.83. The molecule has 2 rings (SSSR count). The van der Waals surface area contributed by atoms with Gasteiger partial charge in [0.15, 0.2) is 0 Å². The third kappa shape index (κ3) is 2.52. The minimum absolute atomic E-state index is 0.270. The van der Waals surface area contributed by atoms with Crippen LogP contribution in [0.25, 0.3) is 0 Å². The molecule has 1 unspecified atom stereocenters. The number of aryl methyl sites for hydroxylation is 1. The highest BCUT2D eigenvalue weighted by molar-refractivity contribution is 6.31. The smallest absolute Gasteiger partial charge is 0.124 e. The average Bonchev–Trinajstić information content (AvgIpc) is 2.28. The zero-order chi connectivity index (χ0) is 13.3. The molecule has 0 amide bonds. The molecular weight excluding hydrogens is 256 g/mol. The molecule has 4 heteroatoms. The molecule has 0 heterocycles. The summed E-state index contributed by atoms with van der Waals surface area (Å²) in [6.45, 7) is 1.77. The molecule has 0 fully saturated rings. The first-order chi connectivity index (χ1) is 8.49. The summed E-state index contributed by atoms with van der Waals surface area (Å²) in [7, 11) is 0. The largest absolute Gasteiger partial charge is 0.320 e. The Morgan fingerprint density at radius 2 is 1.56 bits per heavy atom. The van der Waals surface area contributed by atoms with Crippen molar-refractivity contribution in [3.05, 3.63) is 69.7 Å². The molecule has 1 atom stereocenters. The number of nitrogens with two attached hydrogens (primary N) is 1. The minimum Gasteiger partial charge on any atom is -0.320 e. The van der Waals surface area contributed by atoms with Gasteiger partial charge >= 0.3 is 0 Å². The molecule has 0 aromatic heterocycles. The van der Waals surface area contributed by atoms with Crippen molar-refractivity contribution in [3.8, 4) is 0 Å². The van der Waals surface area contributed by atoms with Gasteiger partial charge < -0.3 is 5.73 Å². The predicted molar refractivity (Wildman–Crippen MR) is 68.6 cm³/mol. The van der Waals surface area contributed by atoms with E-state index >= 15 is 0 Å². The van der Waals surface area contributed by atoms with Gasteiger partial charge in [0.05, 0.1) is 6.04 Å². The lowest BCUT2D eigenvalue weighted by Crippen LogP contribution is -2.14. The van der Waals surface area contributed by atoms with Gasteiger partial charge in [-0.25, -0.2) is 8.78 Å². The summed E-state index contributed by atoms with van der Waals surface area (Å²) in [6, 6.07) is 7.95. The standard InChI is InChI=1S/C14H12ClF2N/c1-8-6-9(16)2-4-11(8)14(18)12-5-3-10(17)7-13(12)15/h2-7,14H,18H2,1H3. The van der Waals surface area contributed by atoms with Crippen LogP contribution in [0, 0.1) is 18.6 Å². The molecule has 2 N–H and O–H groups in total. The number of halogens is 3. The Morgan fingerprint density at radius 3 is 2.11 bits per heavy atom. The van der Waals surface area contributed by atoms with Gasteiger partial charge in [-0.05, 0) is 47.9 Å². The lowest BCUT2D eigenvalue weighted by atomic mass is 9.95. The van der Waals surface area contributed by atoms with Crippen LogP contribution in [0.2, 0.25) is 5.02 Å². The molecule has 0 aliphatic heterocycles. The van der Waals surface area contributed by atoms with Crippen LogP contribution in [0.5, 0.6) is 0 Å². The van der Waals surface area contributed by atoms with E-state index < -0.39 is 11.9 Å². The quantitative estimate of drug-likeness (QED) is 0.875. The lowest BCUT2D eigenvalue weighted by molar-refractivity contribution is 0.624. The fourth-order valence-corrected chi connectivity index (χ4v) is 2.19. The highest BCUT2D eigenvalue weighted by Gasteiger charge is 2.15. The van der Waals surface area contributed by atoms with Crippen molar-refractivity contribution in [2.24, 2.45) is 5.73 Å². The highest BCUT2D eigenvalue weighted by atomic mass is 35.5. The Hall–Kier alpha value is -1.45. The molecule has 0 spiro atoms. The van der Waals surface area contributed by atoms with Crippen LogP contribution in [-0.2, 0) is 0 Å². The first-order valence-electron chi connectivity index (χ1n) is 5.45. The van der Waals surface area contributed by atoms with Gasteiger partial charge in [0.25, 0.3) is 0 Å². The van der Waals surface area contributed by atoms with Crippen molar-refractivity contribution in [1.29, 1.82) is 0 Å². The molecule has 2 aromatic rings. The van der Waals surface area contributed by atoms with Gasteiger partial charge in [0.1, 0.15) is 11.6 Å². The summed E-state index contributed by atoms with van der Waals surface area (Å²) >= 11 is 5.96. The van der Waals surface area contributed by atoms with E-state index in [0.29, 0.717) is 5.56 Å². The van der Waals surface area contributed by atoms with E-state index in [4.69, 9.17) is 17.3 Å². The van der Waals surface area contributed by atoms with E-state index in [-0.39, 0.29) is 10.8 Å². The number of hydrogen-bond donors (Lipinski definition) is 1. The Labute approximate surface area is 109 Å². The summed E-state index contributed by atoms with van der Waals surface area (Å²) < 4.78 is 26.0. The van der Waals surface area contributed by atoms with Crippen LogP contribution in [0.1, 0.15) is 22.7 Å². The van der Waals surface area contributed by atoms with Crippen LogP contribution < -0.4 is 5.73 Å². The van der Waals surface area contributed by atoms with Crippen molar-refractivity contribution >= 4 is 11.6 Å². The maximum absolute atomic E-state index is 13.0. The molecule has 0 saturated carbocycles. The van der Waals surface area contributed by atoms with E-state index in [1.165, 1.54) is 24.3 Å². The van der Waals surface area contributed by atoms with Crippen LogP contribution in [0.4, 0.5) is 8.78 Å². The van der Waals surface area contributed by atoms with E-state index in [0.717, 1.165) is 11.1 Å². The average molecular weight is 268 g/mol. The maximum Gasteiger partial charge on any atom is 0.124 e. The number of hydrogen-bond acceptors (Lipinski definition) is 1. The molecule has 0 aliphatic rings. The van der Waals surface area contributed by atoms with Gasteiger partial charge in [0, 0.05) is 5.02 Å². The molecule has 0 bridgehead atoms. The zero-order valence-corrected chi connectivity index (χ0v) is 10.5. The molecule has 1 nitrogen and oxygen atoms in total. The molecular formula is C14H12ClF2N. The van der Waals surface area contributed by atoms with Gasteiger partial charge in [-0.1, -0.05) is 23.7 Å². The molecule has 18 heavy (non-hydrogen) atoms. The van der Waals surface area contributed by atoms with E-state index in [2.05, 4.69) is 0 Å². The van der Waals surface area contributed by atoms with Gasteiger partial charge in [0.2, 0.25) is 0 Å². The summed E-state index contributed by atoms with van der Waals surface area (Å²) in [5.41, 5.74) is 8.21. The second-order valence-electron chi connectivity index (χ2n) is 4.14. The summed E-state index contributed by atoms with van der Waals surface area (Å²) in [4.78, 5) is 0. The predicted octanol–water partition coefficient (Wildman–Crippen LogP) is 3.97. The molecule has 94 valence electrons. The summed E-state index contributed by atoms with van der Waals surface area (Å²) in [5.74, 6) is -0.722. The van der Waals surface area contributed by atoms with E-state index in [1.807, 2.05) is 0 Å². The highest BCUT2D eigenvalue weighted by Crippen LogP contribution is 2.29. The van der Waals surface area contributed by atoms with Crippen molar-refractivity contribution in [3.63, 3.8) is 0 Å². The van der Waals surface area contributed by atoms with Gasteiger partial charge in [-0.3, -0.25) is 0 Å². The zero-order valence-electron chi connectivity index (χ0n) is 9.75. The number of rotatable bonds is 2. The first kappa shape index (κ1) is 13.0. The fraction of sp³-hybridized carbons (Fsp3) is 0.143. The van der Waals surface area contributed by atoms with Crippen LogP contribution in [0.3, 0.4) is 0 Å². The van der Waals surface area contributed by atoms with Crippen molar-refractivity contribution in [2.45, 2.75) is 13.0 Å². The second kappa shape index (κ2) is 5.04. The topological polar surface area (TPSA) is 26.0 Å². The third-order valence-electron chi connectivity index (χ3n) is 2.86.